The smallest absolute Gasteiger partial charge is 0.243 e. The molecular weight excluding hydrogens is 382 g/mol. The van der Waals surface area contributed by atoms with E-state index in [1.54, 1.807) is 24.3 Å². The van der Waals surface area contributed by atoms with Gasteiger partial charge in [0.1, 0.15) is 6.10 Å². The SMILES string of the molecule is Cc1ccc(OC2CCCN(S(=O)(=O)c3ccc4c(c3)OCCCO4)C2)nn1. The number of hydrogen-bond donors (Lipinski definition) is 0. The number of rotatable bonds is 4. The summed E-state index contributed by atoms with van der Waals surface area (Å²) < 4.78 is 44.8. The van der Waals surface area contributed by atoms with Gasteiger partial charge in [-0.1, -0.05) is 0 Å². The summed E-state index contributed by atoms with van der Waals surface area (Å²) in [5, 5.41) is 7.98. The van der Waals surface area contributed by atoms with Crippen LogP contribution in [0.25, 0.3) is 0 Å². The van der Waals surface area contributed by atoms with E-state index in [-0.39, 0.29) is 17.5 Å². The number of piperidine rings is 1. The minimum Gasteiger partial charge on any atom is -0.490 e. The van der Waals surface area contributed by atoms with Crippen LogP contribution in [-0.4, -0.2) is 55.3 Å². The van der Waals surface area contributed by atoms with Crippen LogP contribution in [0.5, 0.6) is 17.4 Å². The van der Waals surface area contributed by atoms with Gasteiger partial charge in [-0.15, -0.1) is 5.10 Å². The number of hydrogen-bond acceptors (Lipinski definition) is 7. The molecule has 1 aromatic carbocycles. The largest absolute Gasteiger partial charge is 0.490 e. The van der Waals surface area contributed by atoms with Crippen LogP contribution in [0.3, 0.4) is 0 Å². The van der Waals surface area contributed by atoms with Crippen molar-refractivity contribution in [2.45, 2.75) is 37.2 Å². The third-order valence-corrected chi connectivity index (χ3v) is 6.62. The molecule has 2 aromatic rings. The molecule has 9 heteroatoms. The van der Waals surface area contributed by atoms with Crippen molar-refractivity contribution >= 4 is 10.0 Å². The van der Waals surface area contributed by atoms with Crippen molar-refractivity contribution in [1.29, 1.82) is 0 Å². The Morgan fingerprint density at radius 3 is 2.68 bits per heavy atom. The summed E-state index contributed by atoms with van der Waals surface area (Å²) in [6.07, 6.45) is 1.99. The number of nitrogens with zero attached hydrogens (tertiary/aromatic N) is 3. The molecule has 1 aromatic heterocycles. The Kier molecular flexibility index (Phi) is 5.36. The van der Waals surface area contributed by atoms with Crippen molar-refractivity contribution in [2.75, 3.05) is 26.3 Å². The molecule has 4 rings (SSSR count). The van der Waals surface area contributed by atoms with Gasteiger partial charge in [-0.25, -0.2) is 8.42 Å². The summed E-state index contributed by atoms with van der Waals surface area (Å²) in [5.41, 5.74) is 0.801. The molecule has 2 aliphatic heterocycles. The van der Waals surface area contributed by atoms with Crippen molar-refractivity contribution in [1.82, 2.24) is 14.5 Å². The molecule has 1 saturated heterocycles. The number of ether oxygens (including phenoxy) is 3. The zero-order valence-corrected chi connectivity index (χ0v) is 16.5. The van der Waals surface area contributed by atoms with E-state index in [1.807, 2.05) is 13.0 Å². The first kappa shape index (κ1) is 18.9. The lowest BCUT2D eigenvalue weighted by Crippen LogP contribution is -2.44. The highest BCUT2D eigenvalue weighted by molar-refractivity contribution is 7.89. The molecule has 0 N–H and O–H groups in total. The van der Waals surface area contributed by atoms with E-state index in [4.69, 9.17) is 14.2 Å². The number of aromatic nitrogens is 2. The maximum atomic E-state index is 13.1. The van der Waals surface area contributed by atoms with E-state index < -0.39 is 10.0 Å². The zero-order valence-electron chi connectivity index (χ0n) is 15.7. The summed E-state index contributed by atoms with van der Waals surface area (Å²) in [4.78, 5) is 0.201. The van der Waals surface area contributed by atoms with Crippen molar-refractivity contribution in [3.8, 4) is 17.4 Å². The predicted molar refractivity (Wildman–Crippen MR) is 101 cm³/mol. The minimum absolute atomic E-state index is 0.201. The van der Waals surface area contributed by atoms with Crippen LogP contribution in [-0.2, 0) is 10.0 Å². The summed E-state index contributed by atoms with van der Waals surface area (Å²) >= 11 is 0. The molecule has 1 atom stereocenters. The van der Waals surface area contributed by atoms with Crippen LogP contribution in [0.2, 0.25) is 0 Å². The van der Waals surface area contributed by atoms with Gasteiger partial charge >= 0.3 is 0 Å². The van der Waals surface area contributed by atoms with Gasteiger partial charge < -0.3 is 14.2 Å². The van der Waals surface area contributed by atoms with Gasteiger partial charge in [-0.05, 0) is 38.0 Å². The fraction of sp³-hybridized carbons (Fsp3) is 0.474. The van der Waals surface area contributed by atoms with E-state index in [2.05, 4.69) is 10.2 Å². The van der Waals surface area contributed by atoms with Crippen molar-refractivity contribution in [3.05, 3.63) is 36.0 Å². The Morgan fingerprint density at radius 1 is 1.07 bits per heavy atom. The van der Waals surface area contributed by atoms with Crippen LogP contribution in [0, 0.1) is 6.92 Å². The van der Waals surface area contributed by atoms with Crippen LogP contribution in [0.4, 0.5) is 0 Å². The molecule has 0 bridgehead atoms. The molecule has 1 fully saturated rings. The van der Waals surface area contributed by atoms with E-state index in [0.29, 0.717) is 43.6 Å². The highest BCUT2D eigenvalue weighted by atomic mass is 32.2. The van der Waals surface area contributed by atoms with Gasteiger partial charge in [0, 0.05) is 25.1 Å². The van der Waals surface area contributed by atoms with Crippen molar-refractivity contribution < 1.29 is 22.6 Å². The van der Waals surface area contributed by atoms with Crippen LogP contribution >= 0.6 is 0 Å². The van der Waals surface area contributed by atoms with E-state index in [9.17, 15) is 8.42 Å². The molecule has 0 amide bonds. The molecule has 28 heavy (non-hydrogen) atoms. The standard InChI is InChI=1S/C19H23N3O5S/c1-14-5-8-19(21-20-14)27-15-4-2-9-22(13-15)28(23,24)16-6-7-17-18(12-16)26-11-3-10-25-17/h5-8,12,15H,2-4,9-11,13H2,1H3. The topological polar surface area (TPSA) is 90.9 Å². The Balaban J connectivity index is 1.50. The summed E-state index contributed by atoms with van der Waals surface area (Å²) in [5.74, 6) is 1.46. The van der Waals surface area contributed by atoms with Gasteiger partial charge in [0.25, 0.3) is 0 Å². The van der Waals surface area contributed by atoms with Gasteiger partial charge in [0.2, 0.25) is 15.9 Å². The summed E-state index contributed by atoms with van der Waals surface area (Å²) in [6, 6.07) is 8.34. The lowest BCUT2D eigenvalue weighted by molar-refractivity contribution is 0.123. The first-order valence-corrected chi connectivity index (χ1v) is 10.8. The lowest BCUT2D eigenvalue weighted by atomic mass is 10.1. The normalized spacial score (nSPS) is 20.4. The van der Waals surface area contributed by atoms with Gasteiger partial charge in [-0.2, -0.15) is 9.40 Å². The first-order chi connectivity index (χ1) is 13.5. The predicted octanol–water partition coefficient (Wildman–Crippen LogP) is 2.18. The fourth-order valence-electron chi connectivity index (χ4n) is 3.29. The molecule has 0 spiro atoms. The zero-order chi connectivity index (χ0) is 19.6. The highest BCUT2D eigenvalue weighted by Crippen LogP contribution is 2.33. The minimum atomic E-state index is -3.66. The van der Waals surface area contributed by atoms with Gasteiger partial charge in [-0.3, -0.25) is 0 Å². The fourth-order valence-corrected chi connectivity index (χ4v) is 4.82. The summed E-state index contributed by atoms with van der Waals surface area (Å²) in [7, 11) is -3.66. The maximum Gasteiger partial charge on any atom is 0.243 e. The molecule has 0 aliphatic carbocycles. The molecule has 150 valence electrons. The average Bonchev–Trinajstić information content (AvgIpc) is 2.95. The summed E-state index contributed by atoms with van der Waals surface area (Å²) in [6.45, 7) is 3.64. The molecule has 3 heterocycles. The number of aryl methyl sites for hydroxylation is 1. The molecular formula is C19H23N3O5S. The number of benzene rings is 1. The first-order valence-electron chi connectivity index (χ1n) is 9.39. The van der Waals surface area contributed by atoms with E-state index in [1.165, 1.54) is 4.31 Å². The maximum absolute atomic E-state index is 13.1. The van der Waals surface area contributed by atoms with Crippen LogP contribution < -0.4 is 14.2 Å². The molecule has 1 unspecified atom stereocenters. The molecule has 0 saturated carbocycles. The Hall–Kier alpha value is -2.39. The monoisotopic (exact) mass is 405 g/mol. The number of fused-ring (bicyclic) bond motifs is 1. The Bertz CT molecular complexity index is 933. The van der Waals surface area contributed by atoms with Crippen LogP contribution in [0.15, 0.2) is 35.2 Å². The lowest BCUT2D eigenvalue weighted by Gasteiger charge is -2.31. The second-order valence-corrected chi connectivity index (χ2v) is 8.86. The van der Waals surface area contributed by atoms with E-state index in [0.717, 1.165) is 18.5 Å². The number of sulfonamides is 1. The Morgan fingerprint density at radius 2 is 1.89 bits per heavy atom. The second kappa shape index (κ2) is 7.92. The van der Waals surface area contributed by atoms with Crippen LogP contribution in [0.1, 0.15) is 25.0 Å². The van der Waals surface area contributed by atoms with Gasteiger partial charge in [0.05, 0.1) is 30.3 Å². The molecule has 8 nitrogen and oxygen atoms in total. The molecule has 0 radical (unpaired) electrons. The highest BCUT2D eigenvalue weighted by Gasteiger charge is 2.32. The second-order valence-electron chi connectivity index (χ2n) is 6.92. The van der Waals surface area contributed by atoms with E-state index >= 15 is 0 Å². The van der Waals surface area contributed by atoms with Crippen molar-refractivity contribution in [3.63, 3.8) is 0 Å². The Labute approximate surface area is 164 Å². The third-order valence-electron chi connectivity index (χ3n) is 4.76. The quantitative estimate of drug-likeness (QED) is 0.770. The third kappa shape index (κ3) is 4.05. The van der Waals surface area contributed by atoms with Crippen molar-refractivity contribution in [2.24, 2.45) is 0 Å². The molecule has 2 aliphatic rings. The average molecular weight is 405 g/mol. The van der Waals surface area contributed by atoms with Gasteiger partial charge in [0.15, 0.2) is 11.5 Å².